The summed E-state index contributed by atoms with van der Waals surface area (Å²) in [4.78, 5) is 0. The number of unbranched alkanes of at least 4 members (excludes halogenated alkanes) is 1. The Morgan fingerprint density at radius 1 is 0.964 bits per heavy atom. The molecule has 28 heavy (non-hydrogen) atoms. The normalized spacial score (nSPS) is 19.7. The van der Waals surface area contributed by atoms with E-state index in [9.17, 15) is 5.21 Å². The quantitative estimate of drug-likeness (QED) is 0.603. The molecular weight excluding hydrogens is 349 g/mol. The first kappa shape index (κ1) is 21.0. The molecule has 3 rings (SSSR count). The molecule has 0 saturated carbocycles. The van der Waals surface area contributed by atoms with Crippen LogP contribution in [0.2, 0.25) is 0 Å². The summed E-state index contributed by atoms with van der Waals surface area (Å²) in [6.45, 7) is 10.3. The third-order valence-corrected chi connectivity index (χ3v) is 6.19. The minimum atomic E-state index is -0.383. The van der Waals surface area contributed by atoms with Crippen LogP contribution in [0.4, 0.5) is 4.39 Å². The van der Waals surface area contributed by atoms with Crippen molar-refractivity contribution in [3.8, 4) is 11.1 Å². The van der Waals surface area contributed by atoms with Crippen molar-refractivity contribution in [2.75, 3.05) is 0 Å². The van der Waals surface area contributed by atoms with Crippen LogP contribution >= 0.6 is 0 Å². The summed E-state index contributed by atoms with van der Waals surface area (Å²) in [6, 6.07) is 14.1. The number of piperidine rings is 1. The fraction of sp³-hybridized carbons (Fsp3) is 0.520. The molecule has 152 valence electrons. The van der Waals surface area contributed by atoms with Gasteiger partial charge in [0.15, 0.2) is 0 Å². The molecule has 0 amide bonds. The molecule has 0 aliphatic carbocycles. The molecule has 1 aliphatic rings. The van der Waals surface area contributed by atoms with E-state index >= 15 is 4.39 Å². The Hall–Kier alpha value is -1.71. The maximum atomic E-state index is 15.1. The summed E-state index contributed by atoms with van der Waals surface area (Å²) >= 11 is 0. The van der Waals surface area contributed by atoms with Crippen LogP contribution in [0.1, 0.15) is 77.3 Å². The predicted molar refractivity (Wildman–Crippen MR) is 114 cm³/mol. The molecule has 0 spiro atoms. The van der Waals surface area contributed by atoms with Gasteiger partial charge in [-0.25, -0.2) is 4.39 Å². The van der Waals surface area contributed by atoms with Crippen LogP contribution in [-0.4, -0.2) is 21.3 Å². The number of benzene rings is 2. The van der Waals surface area contributed by atoms with E-state index in [-0.39, 0.29) is 22.8 Å². The third kappa shape index (κ3) is 4.31. The van der Waals surface area contributed by atoms with Gasteiger partial charge in [-0.05, 0) is 87.6 Å². The maximum Gasteiger partial charge on any atom is 0.127 e. The van der Waals surface area contributed by atoms with Crippen LogP contribution in [0.15, 0.2) is 42.5 Å². The molecular formula is C25H34FNO. The zero-order valence-electron chi connectivity index (χ0n) is 17.9. The smallest absolute Gasteiger partial charge is 0.127 e. The van der Waals surface area contributed by atoms with Crippen LogP contribution in [0.5, 0.6) is 0 Å². The van der Waals surface area contributed by atoms with Gasteiger partial charge >= 0.3 is 0 Å². The highest BCUT2D eigenvalue weighted by atomic mass is 19.1. The molecule has 0 aromatic heterocycles. The third-order valence-electron chi connectivity index (χ3n) is 6.19. The number of aryl methyl sites for hydroxylation is 1. The first-order chi connectivity index (χ1) is 13.1. The second-order valence-corrected chi connectivity index (χ2v) is 9.58. The van der Waals surface area contributed by atoms with Gasteiger partial charge in [-0.2, -0.15) is 5.06 Å². The number of hydroxylamine groups is 2. The van der Waals surface area contributed by atoms with Crippen molar-refractivity contribution in [3.63, 3.8) is 0 Å². The molecule has 2 aromatic rings. The molecule has 0 atom stereocenters. The van der Waals surface area contributed by atoms with E-state index < -0.39 is 0 Å². The first-order valence-corrected chi connectivity index (χ1v) is 10.5. The SMILES string of the molecule is CCCCc1ccc(-c2ccc(C3CC(C)(C)N(O)C(C)(C)C3)c(F)c2)cc1. The van der Waals surface area contributed by atoms with E-state index in [1.165, 1.54) is 23.5 Å². The lowest BCUT2D eigenvalue weighted by Gasteiger charge is -2.51. The van der Waals surface area contributed by atoms with Crippen molar-refractivity contribution in [2.45, 2.75) is 83.7 Å². The number of hydrogen-bond acceptors (Lipinski definition) is 2. The van der Waals surface area contributed by atoms with Gasteiger partial charge in [0.05, 0.1) is 0 Å². The van der Waals surface area contributed by atoms with Crippen LogP contribution < -0.4 is 0 Å². The Kier molecular flexibility index (Phi) is 5.97. The zero-order valence-corrected chi connectivity index (χ0v) is 17.9. The van der Waals surface area contributed by atoms with Crippen LogP contribution in [0, 0.1) is 5.82 Å². The zero-order chi connectivity index (χ0) is 20.5. The second-order valence-electron chi connectivity index (χ2n) is 9.58. The van der Waals surface area contributed by atoms with Gasteiger partial charge in [-0.1, -0.05) is 49.7 Å². The molecule has 2 aromatic carbocycles. The molecule has 0 bridgehead atoms. The first-order valence-electron chi connectivity index (χ1n) is 10.5. The minimum absolute atomic E-state index is 0.0962. The van der Waals surface area contributed by atoms with Crippen molar-refractivity contribution in [3.05, 3.63) is 59.4 Å². The Morgan fingerprint density at radius 3 is 2.07 bits per heavy atom. The van der Waals surface area contributed by atoms with Crippen molar-refractivity contribution >= 4 is 0 Å². The largest absolute Gasteiger partial charge is 0.313 e. The highest BCUT2D eigenvalue weighted by Crippen LogP contribution is 2.45. The lowest BCUT2D eigenvalue weighted by Crippen LogP contribution is -2.58. The summed E-state index contributed by atoms with van der Waals surface area (Å²) in [5, 5.41) is 12.0. The number of halogens is 1. The van der Waals surface area contributed by atoms with Gasteiger partial charge in [-0.3, -0.25) is 0 Å². The number of hydrogen-bond donors (Lipinski definition) is 1. The van der Waals surface area contributed by atoms with E-state index in [1.54, 1.807) is 6.07 Å². The summed E-state index contributed by atoms with van der Waals surface area (Å²) in [6.07, 6.45) is 4.95. The molecule has 0 unspecified atom stereocenters. The maximum absolute atomic E-state index is 15.1. The Labute approximate surface area is 169 Å². The molecule has 0 radical (unpaired) electrons. The number of nitrogens with zero attached hydrogens (tertiary/aromatic N) is 1. The van der Waals surface area contributed by atoms with E-state index in [1.807, 2.05) is 39.8 Å². The molecule has 1 aliphatic heterocycles. The summed E-state index contributed by atoms with van der Waals surface area (Å²) in [5.74, 6) is -0.0468. The highest BCUT2D eigenvalue weighted by molar-refractivity contribution is 5.64. The Balaban J connectivity index is 1.83. The number of rotatable bonds is 5. The van der Waals surface area contributed by atoms with E-state index in [2.05, 4.69) is 31.2 Å². The van der Waals surface area contributed by atoms with Crippen LogP contribution in [0.3, 0.4) is 0 Å². The van der Waals surface area contributed by atoms with Crippen molar-refractivity contribution in [1.82, 2.24) is 5.06 Å². The van der Waals surface area contributed by atoms with Crippen molar-refractivity contribution in [1.29, 1.82) is 0 Å². The van der Waals surface area contributed by atoms with Gasteiger partial charge in [0.1, 0.15) is 5.82 Å². The van der Waals surface area contributed by atoms with Crippen LogP contribution in [0.25, 0.3) is 11.1 Å². The fourth-order valence-corrected chi connectivity index (χ4v) is 4.77. The molecule has 3 heteroatoms. The van der Waals surface area contributed by atoms with E-state index in [0.29, 0.717) is 0 Å². The average molecular weight is 384 g/mol. The lowest BCUT2D eigenvalue weighted by atomic mass is 9.72. The van der Waals surface area contributed by atoms with E-state index in [4.69, 9.17) is 0 Å². The van der Waals surface area contributed by atoms with E-state index in [0.717, 1.165) is 36.0 Å². The van der Waals surface area contributed by atoms with Gasteiger partial charge in [-0.15, -0.1) is 0 Å². The summed E-state index contributed by atoms with van der Waals surface area (Å²) < 4.78 is 15.1. The highest BCUT2D eigenvalue weighted by Gasteiger charge is 2.45. The summed E-state index contributed by atoms with van der Waals surface area (Å²) in [7, 11) is 0. The predicted octanol–water partition coefficient (Wildman–Crippen LogP) is 6.96. The topological polar surface area (TPSA) is 23.5 Å². The standard InChI is InChI=1S/C25H34FNO/c1-6-7-8-18-9-11-19(12-10-18)20-13-14-22(23(26)15-20)21-16-24(2,3)27(28)25(4,5)17-21/h9-15,21,28H,6-8,16-17H2,1-5H3. The lowest BCUT2D eigenvalue weighted by molar-refractivity contribution is -0.245. The Bertz CT molecular complexity index is 792. The second kappa shape index (κ2) is 7.96. The van der Waals surface area contributed by atoms with Gasteiger partial charge in [0.2, 0.25) is 0 Å². The van der Waals surface area contributed by atoms with Gasteiger partial charge < -0.3 is 5.21 Å². The molecule has 1 saturated heterocycles. The average Bonchev–Trinajstić information content (AvgIpc) is 2.64. The Morgan fingerprint density at radius 2 is 1.54 bits per heavy atom. The fourth-order valence-electron chi connectivity index (χ4n) is 4.77. The molecule has 1 fully saturated rings. The van der Waals surface area contributed by atoms with Gasteiger partial charge in [0, 0.05) is 11.1 Å². The molecule has 2 nitrogen and oxygen atoms in total. The van der Waals surface area contributed by atoms with Gasteiger partial charge in [0.25, 0.3) is 0 Å². The minimum Gasteiger partial charge on any atom is -0.313 e. The monoisotopic (exact) mass is 383 g/mol. The van der Waals surface area contributed by atoms with Crippen LogP contribution in [-0.2, 0) is 6.42 Å². The molecule has 1 heterocycles. The summed E-state index contributed by atoms with van der Waals surface area (Å²) in [5.41, 5.74) is 3.30. The van der Waals surface area contributed by atoms with Crippen molar-refractivity contribution < 1.29 is 9.60 Å². The molecule has 1 N–H and O–H groups in total. The van der Waals surface area contributed by atoms with Crippen molar-refractivity contribution in [2.24, 2.45) is 0 Å².